The van der Waals surface area contributed by atoms with Crippen LogP contribution in [0.3, 0.4) is 0 Å². The zero-order valence-corrected chi connectivity index (χ0v) is 17.2. The van der Waals surface area contributed by atoms with E-state index in [4.69, 9.17) is 0 Å². The lowest BCUT2D eigenvalue weighted by Crippen LogP contribution is -2.37. The number of nitrogens with zero attached hydrogens (tertiary/aromatic N) is 5. The Labute approximate surface area is 160 Å². The Morgan fingerprint density at radius 2 is 1.96 bits per heavy atom. The van der Waals surface area contributed by atoms with E-state index in [1.165, 1.54) is 16.8 Å². The van der Waals surface area contributed by atoms with Gasteiger partial charge in [0.05, 0.1) is 6.54 Å². The van der Waals surface area contributed by atoms with E-state index in [0.717, 1.165) is 18.3 Å². The molecule has 8 heteroatoms. The molecule has 2 rings (SSSR count). The molecule has 0 unspecified atom stereocenters. The molecule has 132 valence electrons. The molecule has 1 aromatic carbocycles. The number of aryl methyl sites for hydroxylation is 2. The third-order valence-corrected chi connectivity index (χ3v) is 3.73. The van der Waals surface area contributed by atoms with E-state index in [-0.39, 0.29) is 24.0 Å². The van der Waals surface area contributed by atoms with Crippen LogP contribution in [0.2, 0.25) is 0 Å². The van der Waals surface area contributed by atoms with Gasteiger partial charge in [-0.3, -0.25) is 9.67 Å². The van der Waals surface area contributed by atoms with Gasteiger partial charge < -0.3 is 15.5 Å². The topological polar surface area (TPSA) is 70.4 Å². The van der Waals surface area contributed by atoms with Gasteiger partial charge in [0.1, 0.15) is 12.2 Å². The molecule has 1 aromatic heterocycles. The fourth-order valence-electron chi connectivity index (χ4n) is 2.20. The number of hydrogen-bond donors (Lipinski definition) is 2. The van der Waals surface area contributed by atoms with Crippen molar-refractivity contribution in [2.45, 2.75) is 20.0 Å². The van der Waals surface area contributed by atoms with Gasteiger partial charge in [-0.1, -0.05) is 6.07 Å². The van der Waals surface area contributed by atoms with Crippen molar-refractivity contribution in [2.24, 2.45) is 12.0 Å². The molecule has 7 nitrogen and oxygen atoms in total. The standard InChI is InChI=1S/C16H25N7.HI/c1-12-8-14(22(3)4)7-6-13(12)9-18-16(17-2)19-10-15-20-11-21-23(15)5;/h6-8,11H,9-10H2,1-5H3,(H2,17,18,19);1H. The van der Waals surface area contributed by atoms with Crippen molar-refractivity contribution in [3.05, 3.63) is 41.5 Å². The molecule has 24 heavy (non-hydrogen) atoms. The number of rotatable bonds is 5. The minimum Gasteiger partial charge on any atom is -0.378 e. The van der Waals surface area contributed by atoms with Gasteiger partial charge in [0.15, 0.2) is 5.96 Å². The third-order valence-electron chi connectivity index (χ3n) is 3.73. The molecule has 1 heterocycles. The summed E-state index contributed by atoms with van der Waals surface area (Å²) in [5.41, 5.74) is 3.71. The van der Waals surface area contributed by atoms with Crippen molar-refractivity contribution >= 4 is 35.6 Å². The molecule has 0 saturated heterocycles. The second-order valence-electron chi connectivity index (χ2n) is 5.58. The van der Waals surface area contributed by atoms with Crippen LogP contribution in [0.1, 0.15) is 17.0 Å². The van der Waals surface area contributed by atoms with Crippen molar-refractivity contribution < 1.29 is 0 Å². The Bertz CT molecular complexity index is 679. The minimum atomic E-state index is 0. The van der Waals surface area contributed by atoms with Crippen molar-refractivity contribution in [3.8, 4) is 0 Å². The molecular formula is C16H26IN7. The van der Waals surface area contributed by atoms with Crippen molar-refractivity contribution in [3.63, 3.8) is 0 Å². The molecule has 0 aliphatic carbocycles. The maximum absolute atomic E-state index is 4.24. The highest BCUT2D eigenvalue weighted by Gasteiger charge is 2.05. The highest BCUT2D eigenvalue weighted by molar-refractivity contribution is 14.0. The van der Waals surface area contributed by atoms with E-state index in [9.17, 15) is 0 Å². The van der Waals surface area contributed by atoms with Gasteiger partial charge in [-0.05, 0) is 30.2 Å². The first-order valence-corrected chi connectivity index (χ1v) is 7.55. The van der Waals surface area contributed by atoms with E-state index in [1.807, 2.05) is 21.1 Å². The van der Waals surface area contributed by atoms with Crippen LogP contribution in [0.15, 0.2) is 29.5 Å². The number of aliphatic imine (C=N–C) groups is 1. The summed E-state index contributed by atoms with van der Waals surface area (Å²) in [5, 5.41) is 10.6. The Kier molecular flexibility index (Phi) is 7.96. The highest BCUT2D eigenvalue weighted by Crippen LogP contribution is 2.17. The van der Waals surface area contributed by atoms with Crippen molar-refractivity contribution in [1.82, 2.24) is 25.4 Å². The first kappa shape index (κ1) is 20.2. The summed E-state index contributed by atoms with van der Waals surface area (Å²) < 4.78 is 1.74. The fraction of sp³-hybridized carbons (Fsp3) is 0.438. The van der Waals surface area contributed by atoms with Crippen LogP contribution in [-0.4, -0.2) is 41.9 Å². The Hall–Kier alpha value is -1.84. The second-order valence-corrected chi connectivity index (χ2v) is 5.58. The zero-order chi connectivity index (χ0) is 16.8. The predicted octanol–water partition coefficient (Wildman–Crippen LogP) is 1.67. The number of hydrogen-bond acceptors (Lipinski definition) is 4. The molecule has 2 aromatic rings. The monoisotopic (exact) mass is 443 g/mol. The first-order chi connectivity index (χ1) is 11.0. The molecule has 0 atom stereocenters. The summed E-state index contributed by atoms with van der Waals surface area (Å²) in [6.45, 7) is 3.42. The lowest BCUT2D eigenvalue weighted by atomic mass is 10.1. The quantitative estimate of drug-likeness (QED) is 0.418. The van der Waals surface area contributed by atoms with Crippen LogP contribution in [-0.2, 0) is 20.1 Å². The Morgan fingerprint density at radius 1 is 1.25 bits per heavy atom. The van der Waals surface area contributed by atoms with Crippen molar-refractivity contribution in [2.75, 3.05) is 26.0 Å². The molecule has 0 aliphatic heterocycles. The van der Waals surface area contributed by atoms with Crippen LogP contribution in [0, 0.1) is 6.92 Å². The zero-order valence-electron chi connectivity index (χ0n) is 14.9. The fourth-order valence-corrected chi connectivity index (χ4v) is 2.20. The highest BCUT2D eigenvalue weighted by atomic mass is 127. The van der Waals surface area contributed by atoms with Crippen LogP contribution in [0.4, 0.5) is 5.69 Å². The smallest absolute Gasteiger partial charge is 0.191 e. The van der Waals surface area contributed by atoms with E-state index < -0.39 is 0 Å². The van der Waals surface area contributed by atoms with E-state index in [2.05, 4.69) is 55.7 Å². The number of halogens is 1. The average Bonchev–Trinajstić information content (AvgIpc) is 2.93. The summed E-state index contributed by atoms with van der Waals surface area (Å²) in [6, 6.07) is 6.46. The molecule has 0 amide bonds. The van der Waals surface area contributed by atoms with Gasteiger partial charge in [0.2, 0.25) is 0 Å². The lowest BCUT2D eigenvalue weighted by molar-refractivity contribution is 0.672. The molecule has 2 N–H and O–H groups in total. The second kappa shape index (κ2) is 9.45. The van der Waals surface area contributed by atoms with E-state index >= 15 is 0 Å². The van der Waals surface area contributed by atoms with E-state index in [0.29, 0.717) is 6.54 Å². The van der Waals surface area contributed by atoms with Crippen LogP contribution in [0.25, 0.3) is 0 Å². The summed E-state index contributed by atoms with van der Waals surface area (Å²) in [6.07, 6.45) is 1.54. The van der Waals surface area contributed by atoms with Gasteiger partial charge in [0, 0.05) is 40.4 Å². The van der Waals surface area contributed by atoms with Gasteiger partial charge >= 0.3 is 0 Å². The number of benzene rings is 1. The largest absolute Gasteiger partial charge is 0.378 e. The Morgan fingerprint density at radius 3 is 2.50 bits per heavy atom. The molecule has 0 aliphatic rings. The van der Waals surface area contributed by atoms with Gasteiger partial charge in [-0.2, -0.15) is 5.10 Å². The lowest BCUT2D eigenvalue weighted by Gasteiger charge is -2.16. The SMILES string of the molecule is CN=C(NCc1ccc(N(C)C)cc1C)NCc1ncnn1C.I. The van der Waals surface area contributed by atoms with Crippen LogP contribution >= 0.6 is 24.0 Å². The minimum absolute atomic E-state index is 0. The predicted molar refractivity (Wildman–Crippen MR) is 109 cm³/mol. The molecule has 0 spiro atoms. The third kappa shape index (κ3) is 5.36. The first-order valence-electron chi connectivity index (χ1n) is 7.55. The molecular weight excluding hydrogens is 417 g/mol. The maximum atomic E-state index is 4.24. The maximum Gasteiger partial charge on any atom is 0.191 e. The van der Waals surface area contributed by atoms with Crippen LogP contribution in [0.5, 0.6) is 0 Å². The van der Waals surface area contributed by atoms with Gasteiger partial charge in [0.25, 0.3) is 0 Å². The normalized spacial score (nSPS) is 11.0. The molecule has 0 saturated carbocycles. The summed E-state index contributed by atoms with van der Waals surface area (Å²) >= 11 is 0. The van der Waals surface area contributed by atoms with E-state index in [1.54, 1.807) is 18.1 Å². The molecule has 0 bridgehead atoms. The van der Waals surface area contributed by atoms with Crippen molar-refractivity contribution in [1.29, 1.82) is 0 Å². The number of anilines is 1. The summed E-state index contributed by atoms with van der Waals surface area (Å²) in [7, 11) is 7.72. The Balaban J connectivity index is 0.00000288. The van der Waals surface area contributed by atoms with Gasteiger partial charge in [-0.25, -0.2) is 4.98 Å². The molecule has 0 radical (unpaired) electrons. The van der Waals surface area contributed by atoms with Gasteiger partial charge in [-0.15, -0.1) is 24.0 Å². The summed E-state index contributed by atoms with van der Waals surface area (Å²) in [4.78, 5) is 10.5. The average molecular weight is 443 g/mol. The number of guanidine groups is 1. The summed E-state index contributed by atoms with van der Waals surface area (Å²) in [5.74, 6) is 1.60. The molecule has 0 fully saturated rings. The number of aromatic nitrogens is 3. The number of nitrogens with one attached hydrogen (secondary N) is 2. The van der Waals surface area contributed by atoms with Crippen LogP contribution < -0.4 is 15.5 Å².